The quantitative estimate of drug-likeness (QED) is 0.503. The average Bonchev–Trinajstić information content (AvgIpc) is 3.15. The lowest BCUT2D eigenvalue weighted by Gasteiger charge is -2.18. The maximum absolute atomic E-state index is 11.0. The molecule has 0 radical (unpaired) electrons. The van der Waals surface area contributed by atoms with Crippen LogP contribution in [0.2, 0.25) is 0 Å². The molecule has 3 heterocycles. The summed E-state index contributed by atoms with van der Waals surface area (Å²) in [6.07, 6.45) is 1.38. The summed E-state index contributed by atoms with van der Waals surface area (Å²) in [5.41, 5.74) is 1.81. The monoisotopic (exact) mass is 405 g/mol. The Morgan fingerprint density at radius 2 is 1.83 bits per heavy atom. The fraction of sp³-hybridized carbons (Fsp3) is 0.0952. The highest BCUT2D eigenvalue weighted by Crippen LogP contribution is 2.34. The van der Waals surface area contributed by atoms with Crippen LogP contribution in [0.5, 0.6) is 23.0 Å². The van der Waals surface area contributed by atoms with Crippen molar-refractivity contribution in [1.29, 1.82) is 0 Å². The van der Waals surface area contributed by atoms with Crippen LogP contribution in [0.25, 0.3) is 11.1 Å². The predicted octanol–water partition coefficient (Wildman–Crippen LogP) is 4.23. The molecule has 0 saturated heterocycles. The molecule has 1 aliphatic rings. The first-order valence-corrected chi connectivity index (χ1v) is 9.08. The van der Waals surface area contributed by atoms with Gasteiger partial charge in [-0.25, -0.2) is 9.78 Å². The van der Waals surface area contributed by atoms with E-state index in [1.54, 1.807) is 24.3 Å². The number of carbonyl (C=O) groups is 1. The number of anilines is 2. The summed E-state index contributed by atoms with van der Waals surface area (Å²) in [5, 5.41) is 12.1. The molecule has 0 atom stereocenters. The molecule has 9 nitrogen and oxygen atoms in total. The number of pyridine rings is 1. The molecular formula is C21H15N3O6. The summed E-state index contributed by atoms with van der Waals surface area (Å²) in [4.78, 5) is 19.2. The molecule has 0 aliphatic carbocycles. The highest BCUT2D eigenvalue weighted by atomic mass is 16.6. The Kier molecular flexibility index (Phi) is 4.32. The molecule has 0 unspecified atom stereocenters. The van der Waals surface area contributed by atoms with Crippen LogP contribution in [-0.4, -0.2) is 34.3 Å². The van der Waals surface area contributed by atoms with Crippen molar-refractivity contribution < 1.29 is 28.5 Å². The number of aromatic carboxylic acids is 1. The standard InChI is InChI=1S/C21H15N3O6/c25-20(26)16-10-14(5-6-22-16)29-13-2-3-15-18(11-13)30-21(24-15)23-12-1-4-17-19(9-12)28-8-7-27-17/h1-6,9-11H,7-8H2,(H,23,24)(H,25,26). The smallest absolute Gasteiger partial charge is 0.354 e. The van der Waals surface area contributed by atoms with Crippen LogP contribution < -0.4 is 19.5 Å². The molecule has 0 saturated carbocycles. The molecule has 1 aliphatic heterocycles. The topological polar surface area (TPSA) is 116 Å². The molecule has 9 heteroatoms. The number of benzene rings is 2. The fourth-order valence-corrected chi connectivity index (χ4v) is 2.99. The van der Waals surface area contributed by atoms with Crippen LogP contribution in [0.15, 0.2) is 59.1 Å². The summed E-state index contributed by atoms with van der Waals surface area (Å²) >= 11 is 0. The van der Waals surface area contributed by atoms with E-state index in [0.717, 1.165) is 5.69 Å². The molecule has 2 N–H and O–H groups in total. The minimum atomic E-state index is -1.12. The minimum Gasteiger partial charge on any atom is -0.486 e. The first-order valence-electron chi connectivity index (χ1n) is 9.08. The van der Waals surface area contributed by atoms with E-state index in [4.69, 9.17) is 23.7 Å². The van der Waals surface area contributed by atoms with Gasteiger partial charge in [-0.3, -0.25) is 0 Å². The Hall–Kier alpha value is -4.27. The van der Waals surface area contributed by atoms with Gasteiger partial charge in [-0.05, 0) is 30.3 Å². The van der Waals surface area contributed by atoms with Crippen molar-refractivity contribution in [3.05, 3.63) is 60.4 Å². The Morgan fingerprint density at radius 3 is 2.70 bits per heavy atom. The lowest BCUT2D eigenvalue weighted by atomic mass is 10.2. The number of carboxylic acids is 1. The molecular weight excluding hydrogens is 390 g/mol. The Balaban J connectivity index is 1.36. The van der Waals surface area contributed by atoms with Gasteiger partial charge in [-0.15, -0.1) is 0 Å². The van der Waals surface area contributed by atoms with Crippen molar-refractivity contribution in [2.75, 3.05) is 18.5 Å². The van der Waals surface area contributed by atoms with E-state index in [1.165, 1.54) is 12.3 Å². The number of hydrogen-bond donors (Lipinski definition) is 2. The van der Waals surface area contributed by atoms with Crippen molar-refractivity contribution in [3.8, 4) is 23.0 Å². The van der Waals surface area contributed by atoms with Crippen LogP contribution in [-0.2, 0) is 0 Å². The predicted molar refractivity (Wildman–Crippen MR) is 106 cm³/mol. The van der Waals surface area contributed by atoms with Crippen LogP contribution >= 0.6 is 0 Å². The zero-order valence-electron chi connectivity index (χ0n) is 15.5. The molecule has 2 aromatic carbocycles. The third-order valence-corrected chi connectivity index (χ3v) is 4.34. The number of oxazole rings is 1. The number of rotatable bonds is 5. The second kappa shape index (κ2) is 7.28. The lowest BCUT2D eigenvalue weighted by Crippen LogP contribution is -2.15. The van der Waals surface area contributed by atoms with Crippen LogP contribution in [0, 0.1) is 0 Å². The van der Waals surface area contributed by atoms with Gasteiger partial charge in [0.15, 0.2) is 22.8 Å². The summed E-state index contributed by atoms with van der Waals surface area (Å²) in [7, 11) is 0. The molecule has 5 rings (SSSR count). The minimum absolute atomic E-state index is 0.0980. The maximum Gasteiger partial charge on any atom is 0.354 e. The van der Waals surface area contributed by atoms with Crippen molar-refractivity contribution >= 4 is 28.8 Å². The molecule has 0 bridgehead atoms. The first-order chi connectivity index (χ1) is 14.6. The largest absolute Gasteiger partial charge is 0.486 e. The van der Waals surface area contributed by atoms with E-state index >= 15 is 0 Å². The van der Waals surface area contributed by atoms with Gasteiger partial charge in [-0.2, -0.15) is 4.98 Å². The number of hydrogen-bond acceptors (Lipinski definition) is 8. The fourth-order valence-electron chi connectivity index (χ4n) is 2.99. The summed E-state index contributed by atoms with van der Waals surface area (Å²) in [6.45, 7) is 1.04. The molecule has 0 fully saturated rings. The SMILES string of the molecule is O=C(O)c1cc(Oc2ccc3nc(Nc4ccc5c(c4)OCCO5)oc3c2)ccn1. The lowest BCUT2D eigenvalue weighted by molar-refractivity contribution is 0.0690. The number of ether oxygens (including phenoxy) is 3. The number of nitrogens with zero attached hydrogens (tertiary/aromatic N) is 2. The van der Waals surface area contributed by atoms with E-state index in [-0.39, 0.29) is 5.69 Å². The highest BCUT2D eigenvalue weighted by Gasteiger charge is 2.14. The number of carboxylic acid groups (broad SMARTS) is 1. The number of aromatic nitrogens is 2. The van der Waals surface area contributed by atoms with Gasteiger partial charge in [0.2, 0.25) is 0 Å². The van der Waals surface area contributed by atoms with Crippen LogP contribution in [0.3, 0.4) is 0 Å². The van der Waals surface area contributed by atoms with Gasteiger partial charge in [-0.1, -0.05) is 0 Å². The van der Waals surface area contributed by atoms with E-state index in [2.05, 4.69) is 15.3 Å². The normalized spacial score (nSPS) is 12.5. The van der Waals surface area contributed by atoms with Crippen LogP contribution in [0.4, 0.5) is 11.7 Å². The average molecular weight is 405 g/mol. The molecule has 150 valence electrons. The summed E-state index contributed by atoms with van der Waals surface area (Å²) < 4.78 is 22.6. The van der Waals surface area contributed by atoms with E-state index in [9.17, 15) is 4.79 Å². The summed E-state index contributed by atoms with van der Waals surface area (Å²) in [5.74, 6) is 1.08. The number of nitrogens with one attached hydrogen (secondary N) is 1. The highest BCUT2D eigenvalue weighted by molar-refractivity contribution is 5.85. The molecule has 30 heavy (non-hydrogen) atoms. The third kappa shape index (κ3) is 3.55. The van der Waals surface area contributed by atoms with Crippen molar-refractivity contribution in [2.45, 2.75) is 0 Å². The second-order valence-electron chi connectivity index (χ2n) is 6.42. The van der Waals surface area contributed by atoms with Gasteiger partial charge < -0.3 is 29.1 Å². The van der Waals surface area contributed by atoms with Crippen molar-refractivity contribution in [2.24, 2.45) is 0 Å². The maximum atomic E-state index is 11.0. The Labute approximate surface area is 169 Å². The van der Waals surface area contributed by atoms with Gasteiger partial charge >= 0.3 is 5.97 Å². The number of fused-ring (bicyclic) bond motifs is 2. The van der Waals surface area contributed by atoms with Crippen molar-refractivity contribution in [3.63, 3.8) is 0 Å². The van der Waals surface area contributed by atoms with Gasteiger partial charge in [0.25, 0.3) is 6.01 Å². The third-order valence-electron chi connectivity index (χ3n) is 4.34. The zero-order chi connectivity index (χ0) is 20.5. The second-order valence-corrected chi connectivity index (χ2v) is 6.42. The first kappa shape index (κ1) is 17.8. The van der Waals surface area contributed by atoms with Gasteiger partial charge in [0, 0.05) is 30.1 Å². The van der Waals surface area contributed by atoms with Gasteiger partial charge in [0.1, 0.15) is 30.2 Å². The zero-order valence-corrected chi connectivity index (χ0v) is 15.5. The van der Waals surface area contributed by atoms with Crippen molar-refractivity contribution in [1.82, 2.24) is 9.97 Å². The molecule has 0 amide bonds. The molecule has 4 aromatic rings. The van der Waals surface area contributed by atoms with Crippen LogP contribution in [0.1, 0.15) is 10.5 Å². The van der Waals surface area contributed by atoms with E-state index < -0.39 is 5.97 Å². The molecule has 2 aromatic heterocycles. The summed E-state index contributed by atoms with van der Waals surface area (Å²) in [6, 6.07) is 13.9. The Bertz CT molecular complexity index is 1250. The van der Waals surface area contributed by atoms with E-state index in [0.29, 0.717) is 53.3 Å². The van der Waals surface area contributed by atoms with E-state index in [1.807, 2.05) is 18.2 Å². The Morgan fingerprint density at radius 1 is 1.00 bits per heavy atom. The molecule has 0 spiro atoms. The van der Waals surface area contributed by atoms with Gasteiger partial charge in [0.05, 0.1) is 0 Å².